The zero-order valence-corrected chi connectivity index (χ0v) is 14.7. The van der Waals surface area contributed by atoms with Crippen molar-refractivity contribution in [2.45, 2.75) is 33.6 Å². The average Bonchev–Trinajstić information content (AvgIpc) is 3.14. The molecule has 0 aliphatic carbocycles. The second-order valence-electron chi connectivity index (χ2n) is 5.71. The molecule has 0 aromatic carbocycles. The van der Waals surface area contributed by atoms with Gasteiger partial charge in [0.05, 0.1) is 5.69 Å². The normalized spacial score (nSPS) is 10.8. The molecule has 6 nitrogen and oxygen atoms in total. The van der Waals surface area contributed by atoms with E-state index in [9.17, 15) is 4.79 Å². The molecule has 124 valence electrons. The van der Waals surface area contributed by atoms with Crippen molar-refractivity contribution in [2.24, 2.45) is 0 Å². The molecular formula is C17H19N5OS. The van der Waals surface area contributed by atoms with Crippen LogP contribution in [0.2, 0.25) is 0 Å². The standard InChI is InChI=1S/C17H19N5OS/c1-11-8-12(2)19-17(18-11)22-15(9-13(3)21-22)20-16(23)5-4-14-6-7-24-10-14/h6-10H,4-5H2,1-3H3,(H,20,23). The van der Waals surface area contributed by atoms with Crippen LogP contribution >= 0.6 is 11.3 Å². The van der Waals surface area contributed by atoms with Crippen LogP contribution in [-0.2, 0) is 11.2 Å². The Bertz CT molecular complexity index is 834. The number of aromatic nitrogens is 4. The van der Waals surface area contributed by atoms with Gasteiger partial charge in [-0.3, -0.25) is 4.79 Å². The molecule has 1 amide bonds. The average molecular weight is 341 g/mol. The summed E-state index contributed by atoms with van der Waals surface area (Å²) in [7, 11) is 0. The number of amides is 1. The van der Waals surface area contributed by atoms with Gasteiger partial charge in [-0.2, -0.15) is 21.1 Å². The summed E-state index contributed by atoms with van der Waals surface area (Å²) in [5, 5.41) is 11.4. The molecule has 0 saturated heterocycles. The quantitative estimate of drug-likeness (QED) is 0.773. The summed E-state index contributed by atoms with van der Waals surface area (Å²) in [5.74, 6) is 1.01. The first kappa shape index (κ1) is 16.3. The molecule has 0 unspecified atom stereocenters. The fourth-order valence-corrected chi connectivity index (χ4v) is 3.14. The van der Waals surface area contributed by atoms with Crippen LogP contribution in [0.25, 0.3) is 5.95 Å². The van der Waals surface area contributed by atoms with E-state index < -0.39 is 0 Å². The molecule has 3 heterocycles. The highest BCUT2D eigenvalue weighted by atomic mass is 32.1. The number of carbonyl (C=O) groups is 1. The van der Waals surface area contributed by atoms with Crippen molar-refractivity contribution in [3.63, 3.8) is 0 Å². The number of nitrogens with zero attached hydrogens (tertiary/aromatic N) is 4. The molecule has 3 rings (SSSR count). The summed E-state index contributed by atoms with van der Waals surface area (Å²) < 4.78 is 1.58. The molecule has 0 saturated carbocycles. The molecule has 0 spiro atoms. The summed E-state index contributed by atoms with van der Waals surface area (Å²) in [6.07, 6.45) is 1.15. The zero-order chi connectivity index (χ0) is 17.1. The van der Waals surface area contributed by atoms with E-state index in [4.69, 9.17) is 0 Å². The van der Waals surface area contributed by atoms with Gasteiger partial charge < -0.3 is 5.32 Å². The minimum absolute atomic E-state index is 0.0493. The molecule has 0 bridgehead atoms. The van der Waals surface area contributed by atoms with Gasteiger partial charge in [-0.05, 0) is 55.6 Å². The number of nitrogens with one attached hydrogen (secondary N) is 1. The first-order chi connectivity index (χ1) is 11.5. The van der Waals surface area contributed by atoms with Gasteiger partial charge in [0.2, 0.25) is 5.91 Å². The molecule has 3 aromatic rings. The number of thiophene rings is 1. The van der Waals surface area contributed by atoms with Gasteiger partial charge >= 0.3 is 0 Å². The Balaban J connectivity index is 1.77. The van der Waals surface area contributed by atoms with Crippen LogP contribution in [0, 0.1) is 20.8 Å². The number of carbonyl (C=O) groups excluding carboxylic acids is 1. The zero-order valence-electron chi connectivity index (χ0n) is 13.9. The smallest absolute Gasteiger partial charge is 0.252 e. The predicted molar refractivity (Wildman–Crippen MR) is 94.6 cm³/mol. The minimum Gasteiger partial charge on any atom is -0.310 e. The third-order valence-electron chi connectivity index (χ3n) is 3.48. The first-order valence-electron chi connectivity index (χ1n) is 7.71. The Morgan fingerprint density at radius 2 is 1.92 bits per heavy atom. The largest absolute Gasteiger partial charge is 0.310 e. The van der Waals surface area contributed by atoms with Crippen molar-refractivity contribution < 1.29 is 4.79 Å². The Morgan fingerprint density at radius 1 is 1.17 bits per heavy atom. The molecular weight excluding hydrogens is 322 g/mol. The topological polar surface area (TPSA) is 72.7 Å². The van der Waals surface area contributed by atoms with Crippen LogP contribution in [0.4, 0.5) is 5.82 Å². The molecule has 0 atom stereocenters. The highest BCUT2D eigenvalue weighted by Gasteiger charge is 2.13. The summed E-state index contributed by atoms with van der Waals surface area (Å²) in [5.41, 5.74) is 3.70. The Hall–Kier alpha value is -2.54. The van der Waals surface area contributed by atoms with E-state index in [1.54, 1.807) is 16.0 Å². The van der Waals surface area contributed by atoms with E-state index >= 15 is 0 Å². The predicted octanol–water partition coefficient (Wildman–Crippen LogP) is 3.22. The summed E-state index contributed by atoms with van der Waals surface area (Å²) in [6, 6.07) is 5.76. The molecule has 0 radical (unpaired) electrons. The number of aryl methyl sites for hydroxylation is 4. The Labute approximate surface area is 144 Å². The SMILES string of the molecule is Cc1cc(C)nc(-n2nc(C)cc2NC(=O)CCc2ccsc2)n1. The number of rotatable bonds is 5. The third-order valence-corrected chi connectivity index (χ3v) is 4.21. The van der Waals surface area contributed by atoms with Gasteiger partial charge in [-0.25, -0.2) is 9.97 Å². The Morgan fingerprint density at radius 3 is 2.58 bits per heavy atom. The van der Waals surface area contributed by atoms with E-state index in [1.807, 2.05) is 44.4 Å². The Kier molecular flexibility index (Phi) is 4.71. The van der Waals surface area contributed by atoms with E-state index in [2.05, 4.69) is 25.8 Å². The second kappa shape index (κ2) is 6.92. The first-order valence-corrected chi connectivity index (χ1v) is 8.66. The summed E-state index contributed by atoms with van der Waals surface area (Å²) in [4.78, 5) is 21.1. The van der Waals surface area contributed by atoms with Crippen molar-refractivity contribution in [1.29, 1.82) is 0 Å². The van der Waals surface area contributed by atoms with Gasteiger partial charge in [-0.15, -0.1) is 0 Å². The van der Waals surface area contributed by atoms with Crippen LogP contribution in [-0.4, -0.2) is 25.7 Å². The van der Waals surface area contributed by atoms with E-state index in [0.717, 1.165) is 23.5 Å². The van der Waals surface area contributed by atoms with Crippen molar-refractivity contribution in [3.05, 3.63) is 51.6 Å². The monoisotopic (exact) mass is 341 g/mol. The number of hydrogen-bond acceptors (Lipinski definition) is 5. The molecule has 7 heteroatoms. The van der Waals surface area contributed by atoms with Crippen molar-refractivity contribution in [2.75, 3.05) is 5.32 Å². The maximum absolute atomic E-state index is 12.2. The van der Waals surface area contributed by atoms with Gasteiger partial charge in [-0.1, -0.05) is 0 Å². The van der Waals surface area contributed by atoms with Gasteiger partial charge in [0.25, 0.3) is 5.95 Å². The van der Waals surface area contributed by atoms with Crippen LogP contribution in [0.3, 0.4) is 0 Å². The van der Waals surface area contributed by atoms with Gasteiger partial charge in [0, 0.05) is 23.9 Å². The fourth-order valence-electron chi connectivity index (χ4n) is 2.44. The lowest BCUT2D eigenvalue weighted by molar-refractivity contribution is -0.116. The van der Waals surface area contributed by atoms with Crippen LogP contribution in [0.1, 0.15) is 29.1 Å². The van der Waals surface area contributed by atoms with Crippen molar-refractivity contribution in [1.82, 2.24) is 19.7 Å². The molecule has 0 aliphatic heterocycles. The van der Waals surface area contributed by atoms with Gasteiger partial charge in [0.1, 0.15) is 5.82 Å². The van der Waals surface area contributed by atoms with Gasteiger partial charge in [0.15, 0.2) is 0 Å². The minimum atomic E-state index is -0.0493. The second-order valence-corrected chi connectivity index (χ2v) is 6.49. The maximum Gasteiger partial charge on any atom is 0.252 e. The highest BCUT2D eigenvalue weighted by Crippen LogP contribution is 2.16. The molecule has 0 fully saturated rings. The van der Waals surface area contributed by atoms with Crippen LogP contribution in [0.5, 0.6) is 0 Å². The lowest BCUT2D eigenvalue weighted by Gasteiger charge is -2.08. The van der Waals surface area contributed by atoms with Crippen LogP contribution < -0.4 is 5.32 Å². The fraction of sp³-hybridized carbons (Fsp3) is 0.294. The van der Waals surface area contributed by atoms with Crippen molar-refractivity contribution in [3.8, 4) is 5.95 Å². The molecule has 24 heavy (non-hydrogen) atoms. The lowest BCUT2D eigenvalue weighted by atomic mass is 10.2. The van der Waals surface area contributed by atoms with Crippen LogP contribution in [0.15, 0.2) is 29.0 Å². The van der Waals surface area contributed by atoms with E-state index in [-0.39, 0.29) is 5.91 Å². The van der Waals surface area contributed by atoms with Crippen molar-refractivity contribution >= 4 is 23.1 Å². The summed E-state index contributed by atoms with van der Waals surface area (Å²) >= 11 is 1.64. The highest BCUT2D eigenvalue weighted by molar-refractivity contribution is 7.07. The summed E-state index contributed by atoms with van der Waals surface area (Å²) in [6.45, 7) is 5.70. The lowest BCUT2D eigenvalue weighted by Crippen LogP contribution is -2.16. The molecule has 0 aliphatic rings. The molecule has 1 N–H and O–H groups in total. The molecule has 3 aromatic heterocycles. The maximum atomic E-state index is 12.2. The third kappa shape index (κ3) is 3.86. The number of anilines is 1. The van der Waals surface area contributed by atoms with E-state index in [0.29, 0.717) is 18.2 Å². The number of hydrogen-bond donors (Lipinski definition) is 1. The van der Waals surface area contributed by atoms with E-state index in [1.165, 1.54) is 5.56 Å².